The average molecular weight is 199 g/mol. The summed E-state index contributed by atoms with van der Waals surface area (Å²) in [7, 11) is 1.34. The van der Waals surface area contributed by atoms with Gasteiger partial charge >= 0.3 is 5.97 Å². The van der Waals surface area contributed by atoms with E-state index in [0.29, 0.717) is 6.54 Å². The summed E-state index contributed by atoms with van der Waals surface area (Å²) in [4.78, 5) is 24.6. The summed E-state index contributed by atoms with van der Waals surface area (Å²) in [5.74, 6) is -0.313. The number of esters is 1. The van der Waals surface area contributed by atoms with Gasteiger partial charge in [0.25, 0.3) is 0 Å². The first-order valence-electron chi connectivity index (χ1n) is 4.79. The number of hydrogen-bond acceptors (Lipinski definition) is 3. The lowest BCUT2D eigenvalue weighted by Crippen LogP contribution is -2.42. The zero-order chi connectivity index (χ0) is 10.9. The number of carbonyl (C=O) groups is 2. The fraction of sp³-hybridized carbons (Fsp3) is 0.800. The number of nitrogens with zero attached hydrogens (tertiary/aromatic N) is 1. The molecule has 0 aromatic carbocycles. The van der Waals surface area contributed by atoms with Crippen LogP contribution in [-0.2, 0) is 14.3 Å². The Kier molecular flexibility index (Phi) is 2.83. The van der Waals surface area contributed by atoms with Gasteiger partial charge in [-0.3, -0.25) is 4.79 Å². The van der Waals surface area contributed by atoms with Crippen LogP contribution in [0.25, 0.3) is 0 Å². The van der Waals surface area contributed by atoms with E-state index in [-0.39, 0.29) is 17.3 Å². The van der Waals surface area contributed by atoms with E-state index in [0.717, 1.165) is 6.42 Å². The molecule has 80 valence electrons. The zero-order valence-corrected chi connectivity index (χ0v) is 9.16. The van der Waals surface area contributed by atoms with Crippen molar-refractivity contribution in [1.29, 1.82) is 0 Å². The normalized spacial score (nSPS) is 22.3. The largest absolute Gasteiger partial charge is 0.467 e. The molecule has 1 fully saturated rings. The SMILES string of the molecule is COC(=O)[C@@H](C)N1CCC(C)(C)C1=O. The Labute approximate surface area is 84.2 Å². The Hall–Kier alpha value is -1.06. The lowest BCUT2D eigenvalue weighted by atomic mass is 9.92. The van der Waals surface area contributed by atoms with Gasteiger partial charge in [-0.1, -0.05) is 13.8 Å². The monoisotopic (exact) mass is 199 g/mol. The standard InChI is InChI=1S/C10H17NO3/c1-7(8(12)14-4)11-6-5-10(2,3)9(11)13/h7H,5-6H2,1-4H3/t7-/m1/s1. The molecule has 14 heavy (non-hydrogen) atoms. The fourth-order valence-electron chi connectivity index (χ4n) is 1.66. The lowest BCUT2D eigenvalue weighted by Gasteiger charge is -2.24. The van der Waals surface area contributed by atoms with Crippen LogP contribution < -0.4 is 0 Å². The maximum Gasteiger partial charge on any atom is 0.328 e. The molecule has 0 spiro atoms. The van der Waals surface area contributed by atoms with Crippen LogP contribution in [0.4, 0.5) is 0 Å². The second-order valence-electron chi connectivity index (χ2n) is 4.33. The minimum atomic E-state index is -0.464. The van der Waals surface area contributed by atoms with Gasteiger partial charge < -0.3 is 9.64 Å². The van der Waals surface area contributed by atoms with E-state index in [9.17, 15) is 9.59 Å². The van der Waals surface area contributed by atoms with Crippen LogP contribution in [0.2, 0.25) is 0 Å². The molecule has 1 rings (SSSR count). The number of amides is 1. The van der Waals surface area contributed by atoms with E-state index < -0.39 is 6.04 Å². The second kappa shape index (κ2) is 3.59. The molecule has 0 saturated carbocycles. The maximum absolute atomic E-state index is 11.8. The highest BCUT2D eigenvalue weighted by atomic mass is 16.5. The summed E-state index contributed by atoms with van der Waals surface area (Å²) in [5, 5.41) is 0. The number of carbonyl (C=O) groups excluding carboxylic acids is 2. The molecule has 1 aliphatic heterocycles. The van der Waals surface area contributed by atoms with Gasteiger partial charge in [0.05, 0.1) is 7.11 Å². The van der Waals surface area contributed by atoms with E-state index in [2.05, 4.69) is 4.74 Å². The van der Waals surface area contributed by atoms with Crippen LogP contribution in [0.15, 0.2) is 0 Å². The van der Waals surface area contributed by atoms with E-state index in [1.54, 1.807) is 11.8 Å². The van der Waals surface area contributed by atoms with Crippen molar-refractivity contribution in [3.8, 4) is 0 Å². The van der Waals surface area contributed by atoms with Crippen molar-refractivity contribution in [2.24, 2.45) is 5.41 Å². The number of methoxy groups -OCH3 is 1. The van der Waals surface area contributed by atoms with E-state index in [1.807, 2.05) is 13.8 Å². The molecule has 1 heterocycles. The molecule has 1 aliphatic rings. The molecular weight excluding hydrogens is 182 g/mol. The Morgan fingerprint density at radius 1 is 1.57 bits per heavy atom. The van der Waals surface area contributed by atoms with Gasteiger partial charge in [-0.15, -0.1) is 0 Å². The Morgan fingerprint density at radius 2 is 2.14 bits per heavy atom. The molecular formula is C10H17NO3. The van der Waals surface area contributed by atoms with Crippen molar-refractivity contribution in [2.75, 3.05) is 13.7 Å². The van der Waals surface area contributed by atoms with Crippen molar-refractivity contribution in [3.05, 3.63) is 0 Å². The number of ether oxygens (including phenoxy) is 1. The third kappa shape index (κ3) is 1.74. The van der Waals surface area contributed by atoms with Crippen molar-refractivity contribution in [3.63, 3.8) is 0 Å². The van der Waals surface area contributed by atoms with Crippen LogP contribution in [0.3, 0.4) is 0 Å². The summed E-state index contributed by atoms with van der Waals surface area (Å²) in [6.45, 7) is 6.14. The average Bonchev–Trinajstić information content (AvgIpc) is 2.40. The van der Waals surface area contributed by atoms with E-state index >= 15 is 0 Å². The molecule has 1 saturated heterocycles. The van der Waals surface area contributed by atoms with E-state index in [1.165, 1.54) is 7.11 Å². The molecule has 4 nitrogen and oxygen atoms in total. The smallest absolute Gasteiger partial charge is 0.328 e. The van der Waals surface area contributed by atoms with Crippen LogP contribution in [0, 0.1) is 5.41 Å². The van der Waals surface area contributed by atoms with Crippen LogP contribution >= 0.6 is 0 Å². The zero-order valence-electron chi connectivity index (χ0n) is 9.16. The summed E-state index contributed by atoms with van der Waals surface area (Å²) in [6.07, 6.45) is 0.799. The minimum absolute atomic E-state index is 0.0374. The number of rotatable bonds is 2. The Balaban J connectivity index is 2.73. The minimum Gasteiger partial charge on any atom is -0.467 e. The highest BCUT2D eigenvalue weighted by Gasteiger charge is 2.42. The number of likely N-dealkylation sites (tertiary alicyclic amines) is 1. The third-order valence-corrected chi connectivity index (χ3v) is 2.83. The molecule has 0 radical (unpaired) electrons. The predicted octanol–water partition coefficient (Wildman–Crippen LogP) is 0.806. The van der Waals surface area contributed by atoms with Crippen molar-refractivity contribution >= 4 is 11.9 Å². The first-order valence-corrected chi connectivity index (χ1v) is 4.79. The topological polar surface area (TPSA) is 46.6 Å². The molecule has 0 aromatic rings. The van der Waals surface area contributed by atoms with Gasteiger partial charge in [-0.05, 0) is 13.3 Å². The molecule has 1 amide bonds. The quantitative estimate of drug-likeness (QED) is 0.618. The van der Waals surface area contributed by atoms with Crippen LogP contribution in [0.5, 0.6) is 0 Å². The van der Waals surface area contributed by atoms with Crippen LogP contribution in [-0.4, -0.2) is 36.5 Å². The number of hydrogen-bond donors (Lipinski definition) is 0. The van der Waals surface area contributed by atoms with Gasteiger partial charge in [0, 0.05) is 12.0 Å². The summed E-state index contributed by atoms with van der Waals surface area (Å²) >= 11 is 0. The summed E-state index contributed by atoms with van der Waals surface area (Å²) in [5.41, 5.74) is -0.331. The highest BCUT2D eigenvalue weighted by Crippen LogP contribution is 2.31. The van der Waals surface area contributed by atoms with Gasteiger partial charge in [0.15, 0.2) is 0 Å². The highest BCUT2D eigenvalue weighted by molar-refractivity contribution is 5.89. The predicted molar refractivity (Wildman–Crippen MR) is 51.6 cm³/mol. The van der Waals surface area contributed by atoms with Gasteiger partial charge in [-0.25, -0.2) is 4.79 Å². The fourth-order valence-corrected chi connectivity index (χ4v) is 1.66. The van der Waals surface area contributed by atoms with E-state index in [4.69, 9.17) is 0 Å². The molecule has 0 unspecified atom stereocenters. The van der Waals surface area contributed by atoms with Crippen molar-refractivity contribution in [1.82, 2.24) is 4.90 Å². The van der Waals surface area contributed by atoms with Crippen molar-refractivity contribution < 1.29 is 14.3 Å². The Morgan fingerprint density at radius 3 is 2.50 bits per heavy atom. The van der Waals surface area contributed by atoms with Crippen molar-refractivity contribution in [2.45, 2.75) is 33.2 Å². The second-order valence-corrected chi connectivity index (χ2v) is 4.33. The molecule has 0 aromatic heterocycles. The van der Waals surface area contributed by atoms with Gasteiger partial charge in [0.2, 0.25) is 5.91 Å². The van der Waals surface area contributed by atoms with Crippen LogP contribution in [0.1, 0.15) is 27.2 Å². The molecule has 4 heteroatoms. The third-order valence-electron chi connectivity index (χ3n) is 2.83. The summed E-state index contributed by atoms with van der Waals surface area (Å²) in [6, 6.07) is -0.464. The first-order chi connectivity index (χ1) is 6.40. The Bertz CT molecular complexity index is 260. The molecule has 1 atom stereocenters. The first kappa shape index (κ1) is 11.0. The molecule has 0 N–H and O–H groups in total. The molecule has 0 aliphatic carbocycles. The maximum atomic E-state index is 11.8. The lowest BCUT2D eigenvalue weighted by molar-refractivity contribution is -0.152. The van der Waals surface area contributed by atoms with Gasteiger partial charge in [-0.2, -0.15) is 0 Å². The summed E-state index contributed by atoms with van der Waals surface area (Å²) < 4.78 is 4.61. The van der Waals surface area contributed by atoms with Gasteiger partial charge in [0.1, 0.15) is 6.04 Å². The molecule has 0 bridgehead atoms.